The second kappa shape index (κ2) is 4.37. The highest BCUT2D eigenvalue weighted by molar-refractivity contribution is 5.08. The van der Waals surface area contributed by atoms with Crippen molar-refractivity contribution < 1.29 is 13.2 Å². The Morgan fingerprint density at radius 3 is 2.75 bits per heavy atom. The number of aromatic nitrogens is 2. The molecular weight excluding hydrogens is 219 g/mol. The zero-order valence-electron chi connectivity index (χ0n) is 8.59. The minimum atomic E-state index is -4.40. The summed E-state index contributed by atoms with van der Waals surface area (Å²) in [7, 11) is 0. The van der Waals surface area contributed by atoms with Crippen LogP contribution in [0, 0.1) is 0 Å². The zero-order valence-corrected chi connectivity index (χ0v) is 8.59. The van der Waals surface area contributed by atoms with Crippen molar-refractivity contribution in [2.75, 3.05) is 6.54 Å². The molecule has 16 heavy (non-hydrogen) atoms. The molecule has 0 saturated carbocycles. The monoisotopic (exact) mass is 231 g/mol. The Bertz CT molecular complexity index is 359. The number of rotatable bonds is 1. The fourth-order valence-electron chi connectivity index (χ4n) is 1.77. The van der Waals surface area contributed by atoms with Gasteiger partial charge in [0.2, 0.25) is 0 Å². The number of hydrogen-bond donors (Lipinski definition) is 1. The lowest BCUT2D eigenvalue weighted by atomic mass is 10.0. The molecule has 3 nitrogen and oxygen atoms in total. The summed E-state index contributed by atoms with van der Waals surface area (Å²) < 4.78 is 37.3. The molecule has 1 atom stereocenters. The molecule has 0 radical (unpaired) electrons. The van der Waals surface area contributed by atoms with E-state index in [2.05, 4.69) is 15.3 Å². The van der Waals surface area contributed by atoms with Crippen molar-refractivity contribution in [3.05, 3.63) is 23.8 Å². The summed E-state index contributed by atoms with van der Waals surface area (Å²) in [5.74, 6) is 0.245. The van der Waals surface area contributed by atoms with Gasteiger partial charge in [-0.25, -0.2) is 9.97 Å². The standard InChI is InChI=1S/C10H12F3N3/c11-10(12,13)8-4-6-15-9(16-8)7-3-1-2-5-14-7/h4,6-7,14H,1-3,5H2. The number of piperidine rings is 1. The number of nitrogens with one attached hydrogen (secondary N) is 1. The number of alkyl halides is 3. The second-order valence-corrected chi connectivity index (χ2v) is 3.80. The summed E-state index contributed by atoms with van der Waals surface area (Å²) in [5, 5.41) is 3.12. The van der Waals surface area contributed by atoms with Crippen LogP contribution in [0.5, 0.6) is 0 Å². The van der Waals surface area contributed by atoms with Gasteiger partial charge >= 0.3 is 6.18 Å². The first-order chi connectivity index (χ1) is 7.57. The van der Waals surface area contributed by atoms with Crippen LogP contribution in [0.4, 0.5) is 13.2 Å². The van der Waals surface area contributed by atoms with E-state index < -0.39 is 11.9 Å². The molecule has 1 aliphatic rings. The molecule has 2 heterocycles. The van der Waals surface area contributed by atoms with Crippen LogP contribution in [0.25, 0.3) is 0 Å². The lowest BCUT2D eigenvalue weighted by Crippen LogP contribution is -2.28. The van der Waals surface area contributed by atoms with Crippen LogP contribution in [-0.4, -0.2) is 16.5 Å². The quantitative estimate of drug-likeness (QED) is 0.806. The van der Waals surface area contributed by atoms with Crippen molar-refractivity contribution in [3.63, 3.8) is 0 Å². The predicted molar refractivity (Wildman–Crippen MR) is 51.6 cm³/mol. The van der Waals surface area contributed by atoms with Crippen molar-refractivity contribution in [3.8, 4) is 0 Å². The highest BCUT2D eigenvalue weighted by Gasteiger charge is 2.33. The van der Waals surface area contributed by atoms with E-state index >= 15 is 0 Å². The van der Waals surface area contributed by atoms with Crippen LogP contribution in [-0.2, 0) is 6.18 Å². The molecule has 0 aromatic carbocycles. The molecule has 1 aromatic rings. The third-order valence-electron chi connectivity index (χ3n) is 2.59. The molecule has 1 unspecified atom stereocenters. The van der Waals surface area contributed by atoms with Gasteiger partial charge in [-0.3, -0.25) is 0 Å². The van der Waals surface area contributed by atoms with E-state index in [0.29, 0.717) is 0 Å². The van der Waals surface area contributed by atoms with E-state index in [0.717, 1.165) is 31.9 Å². The number of halogens is 3. The van der Waals surface area contributed by atoms with E-state index in [1.165, 1.54) is 6.20 Å². The van der Waals surface area contributed by atoms with Crippen molar-refractivity contribution in [2.45, 2.75) is 31.5 Å². The Morgan fingerprint density at radius 2 is 2.12 bits per heavy atom. The van der Waals surface area contributed by atoms with Crippen LogP contribution < -0.4 is 5.32 Å². The fraction of sp³-hybridized carbons (Fsp3) is 0.600. The lowest BCUT2D eigenvalue weighted by molar-refractivity contribution is -0.141. The highest BCUT2D eigenvalue weighted by Crippen LogP contribution is 2.28. The van der Waals surface area contributed by atoms with E-state index in [-0.39, 0.29) is 11.9 Å². The third kappa shape index (κ3) is 2.49. The summed E-state index contributed by atoms with van der Waals surface area (Å²) in [6.45, 7) is 0.810. The first-order valence-electron chi connectivity index (χ1n) is 5.21. The smallest absolute Gasteiger partial charge is 0.307 e. The molecule has 1 N–H and O–H groups in total. The lowest BCUT2D eigenvalue weighted by Gasteiger charge is -2.22. The first-order valence-corrected chi connectivity index (χ1v) is 5.21. The average Bonchev–Trinajstić information content (AvgIpc) is 2.29. The Kier molecular flexibility index (Phi) is 3.09. The van der Waals surface area contributed by atoms with Gasteiger partial charge in [0.25, 0.3) is 0 Å². The Hall–Kier alpha value is -1.17. The van der Waals surface area contributed by atoms with Crippen LogP contribution in [0.15, 0.2) is 12.3 Å². The molecule has 88 valence electrons. The van der Waals surface area contributed by atoms with Gasteiger partial charge in [0.1, 0.15) is 11.5 Å². The molecule has 2 rings (SSSR count). The SMILES string of the molecule is FC(F)(F)c1ccnc(C2CCCCN2)n1. The van der Waals surface area contributed by atoms with Crippen molar-refractivity contribution in [1.29, 1.82) is 0 Å². The summed E-state index contributed by atoms with van der Waals surface area (Å²) >= 11 is 0. The molecule has 1 aromatic heterocycles. The summed E-state index contributed by atoms with van der Waals surface area (Å²) in [6.07, 6.45) is -0.387. The Labute approximate surface area is 91.1 Å². The second-order valence-electron chi connectivity index (χ2n) is 3.80. The van der Waals surface area contributed by atoms with Gasteiger partial charge in [-0.2, -0.15) is 13.2 Å². The molecule has 0 amide bonds. The molecule has 0 bridgehead atoms. The molecule has 0 spiro atoms. The topological polar surface area (TPSA) is 37.8 Å². The average molecular weight is 231 g/mol. The summed E-state index contributed by atoms with van der Waals surface area (Å²) in [6, 6.07) is 0.753. The van der Waals surface area contributed by atoms with Crippen LogP contribution in [0.3, 0.4) is 0 Å². The van der Waals surface area contributed by atoms with Gasteiger partial charge < -0.3 is 5.32 Å². The van der Waals surface area contributed by atoms with Crippen molar-refractivity contribution in [1.82, 2.24) is 15.3 Å². The summed E-state index contributed by atoms with van der Waals surface area (Å²) in [4.78, 5) is 7.47. The normalized spacial score (nSPS) is 22.1. The van der Waals surface area contributed by atoms with Gasteiger partial charge in [0, 0.05) is 6.20 Å². The molecule has 6 heteroatoms. The molecule has 0 aliphatic carbocycles. The van der Waals surface area contributed by atoms with Crippen molar-refractivity contribution in [2.24, 2.45) is 0 Å². The van der Waals surface area contributed by atoms with E-state index in [1.54, 1.807) is 0 Å². The maximum absolute atomic E-state index is 12.4. The minimum Gasteiger partial charge on any atom is -0.307 e. The molecular formula is C10H12F3N3. The van der Waals surface area contributed by atoms with E-state index in [4.69, 9.17) is 0 Å². The maximum atomic E-state index is 12.4. The van der Waals surface area contributed by atoms with Crippen molar-refractivity contribution >= 4 is 0 Å². The molecule has 1 aliphatic heterocycles. The number of hydrogen-bond acceptors (Lipinski definition) is 3. The fourth-order valence-corrected chi connectivity index (χ4v) is 1.77. The Morgan fingerprint density at radius 1 is 1.31 bits per heavy atom. The van der Waals surface area contributed by atoms with Crippen LogP contribution in [0.1, 0.15) is 36.8 Å². The Balaban J connectivity index is 2.21. The highest BCUT2D eigenvalue weighted by atomic mass is 19.4. The van der Waals surface area contributed by atoms with Gasteiger partial charge in [0.05, 0.1) is 6.04 Å². The maximum Gasteiger partial charge on any atom is 0.433 e. The van der Waals surface area contributed by atoms with Crippen LogP contribution in [0.2, 0.25) is 0 Å². The molecule has 1 saturated heterocycles. The number of nitrogens with zero attached hydrogens (tertiary/aromatic N) is 2. The zero-order chi connectivity index (χ0) is 11.6. The van der Waals surface area contributed by atoms with Gasteiger partial charge in [-0.05, 0) is 25.5 Å². The van der Waals surface area contributed by atoms with Gasteiger partial charge in [-0.1, -0.05) is 6.42 Å². The largest absolute Gasteiger partial charge is 0.433 e. The van der Waals surface area contributed by atoms with E-state index in [9.17, 15) is 13.2 Å². The predicted octanol–water partition coefficient (Wildman–Crippen LogP) is 2.31. The minimum absolute atomic E-state index is 0.143. The molecule has 1 fully saturated rings. The van der Waals surface area contributed by atoms with Gasteiger partial charge in [-0.15, -0.1) is 0 Å². The van der Waals surface area contributed by atoms with Crippen LogP contribution >= 0.6 is 0 Å². The summed E-state index contributed by atoms with van der Waals surface area (Å²) in [5.41, 5.74) is -0.870. The third-order valence-corrected chi connectivity index (χ3v) is 2.59. The first kappa shape index (κ1) is 11.3. The van der Waals surface area contributed by atoms with Gasteiger partial charge in [0.15, 0.2) is 0 Å². The van der Waals surface area contributed by atoms with E-state index in [1.807, 2.05) is 0 Å².